The topological polar surface area (TPSA) is 104 Å². The molecule has 0 amide bonds. The first-order valence-corrected chi connectivity index (χ1v) is 3.98. The minimum Gasteiger partial charge on any atom is -0.480 e. The molecule has 0 heterocycles. The lowest BCUT2D eigenvalue weighted by atomic mass is 9.64. The molecule has 0 aliphatic carbocycles. The lowest BCUT2D eigenvalue weighted by molar-refractivity contribution is -0.142. The molecule has 0 aromatic rings. The Bertz CT molecular complexity index is 179. The fraction of sp³-hybridized carbons (Fsp3) is 0.800. The predicted octanol–water partition coefficient (Wildman–Crippen LogP) is -1.44. The highest BCUT2D eigenvalue weighted by Crippen LogP contribution is 2.23. The molecule has 0 radical (unpaired) electrons. The molecule has 0 bridgehead atoms. The Kier molecular flexibility index (Phi) is 4.05. The Morgan fingerprint density at radius 1 is 1.75 bits per heavy atom. The largest absolute Gasteiger partial charge is 0.480 e. The van der Waals surface area contributed by atoms with E-state index in [0.29, 0.717) is 0 Å². The molecule has 0 spiro atoms. The Labute approximate surface area is 76.1 Å². The highest BCUT2D eigenvalue weighted by Gasteiger charge is 2.44. The average Bonchev–Trinajstić information content (AvgIpc) is 2.01. The molecular formula is C5H12BNO4S. The molecular weight excluding hydrogens is 181 g/mol. The normalized spacial score (nSPS) is 18.1. The lowest BCUT2D eigenvalue weighted by Gasteiger charge is -2.28. The third kappa shape index (κ3) is 2.13. The monoisotopic (exact) mass is 193 g/mol. The molecule has 70 valence electrons. The highest BCUT2D eigenvalue weighted by atomic mass is 32.1. The number of rotatable bonds is 4. The van der Waals surface area contributed by atoms with E-state index in [1.807, 2.05) is 0 Å². The van der Waals surface area contributed by atoms with E-state index in [-0.39, 0.29) is 5.75 Å². The molecule has 0 saturated carbocycles. The molecule has 5 N–H and O–H groups in total. The SMILES string of the molecule is CC(B(O)O)C(N)(CS)C(=O)O. The van der Waals surface area contributed by atoms with Crippen molar-refractivity contribution in [1.29, 1.82) is 0 Å². The van der Waals surface area contributed by atoms with E-state index in [9.17, 15) is 4.79 Å². The van der Waals surface area contributed by atoms with Crippen LogP contribution in [0.3, 0.4) is 0 Å². The van der Waals surface area contributed by atoms with Crippen molar-refractivity contribution in [2.75, 3.05) is 5.75 Å². The van der Waals surface area contributed by atoms with E-state index in [0.717, 1.165) is 0 Å². The van der Waals surface area contributed by atoms with Gasteiger partial charge in [0.15, 0.2) is 0 Å². The number of nitrogens with two attached hydrogens (primary N) is 1. The first-order valence-electron chi connectivity index (χ1n) is 3.35. The zero-order valence-corrected chi connectivity index (χ0v) is 7.53. The lowest BCUT2D eigenvalue weighted by Crippen LogP contribution is -2.56. The van der Waals surface area contributed by atoms with E-state index in [1.165, 1.54) is 6.92 Å². The summed E-state index contributed by atoms with van der Waals surface area (Å²) in [4.78, 5) is 10.6. The van der Waals surface area contributed by atoms with Crippen LogP contribution in [0, 0.1) is 0 Å². The van der Waals surface area contributed by atoms with Crippen molar-refractivity contribution < 1.29 is 19.9 Å². The fourth-order valence-corrected chi connectivity index (χ4v) is 1.10. The van der Waals surface area contributed by atoms with Gasteiger partial charge in [0.2, 0.25) is 0 Å². The number of aliphatic carboxylic acids is 1. The van der Waals surface area contributed by atoms with Crippen molar-refractivity contribution in [3.63, 3.8) is 0 Å². The van der Waals surface area contributed by atoms with E-state index in [1.54, 1.807) is 0 Å². The van der Waals surface area contributed by atoms with Crippen LogP contribution in [0.25, 0.3) is 0 Å². The van der Waals surface area contributed by atoms with Crippen molar-refractivity contribution in [2.45, 2.75) is 18.3 Å². The van der Waals surface area contributed by atoms with E-state index >= 15 is 0 Å². The smallest absolute Gasteiger partial charge is 0.457 e. The maximum absolute atomic E-state index is 10.6. The number of thiol groups is 1. The van der Waals surface area contributed by atoms with Gasteiger partial charge in [-0.2, -0.15) is 12.6 Å². The summed E-state index contributed by atoms with van der Waals surface area (Å²) in [5.74, 6) is -2.41. The average molecular weight is 193 g/mol. The molecule has 5 nitrogen and oxygen atoms in total. The summed E-state index contributed by atoms with van der Waals surface area (Å²) < 4.78 is 0. The molecule has 0 aliphatic rings. The second-order valence-corrected chi connectivity index (χ2v) is 3.02. The van der Waals surface area contributed by atoms with Crippen LogP contribution >= 0.6 is 12.6 Å². The van der Waals surface area contributed by atoms with E-state index < -0.39 is 24.4 Å². The Balaban J connectivity index is 4.63. The van der Waals surface area contributed by atoms with Crippen LogP contribution in [0.1, 0.15) is 6.92 Å². The first-order chi connectivity index (χ1) is 5.36. The van der Waals surface area contributed by atoms with Crippen LogP contribution in [0.15, 0.2) is 0 Å². The third-order valence-electron chi connectivity index (χ3n) is 1.92. The molecule has 2 unspecified atom stereocenters. The van der Waals surface area contributed by atoms with Crippen molar-refractivity contribution in [3.8, 4) is 0 Å². The zero-order valence-electron chi connectivity index (χ0n) is 6.64. The Morgan fingerprint density at radius 2 is 2.17 bits per heavy atom. The molecule has 0 fully saturated rings. The summed E-state index contributed by atoms with van der Waals surface area (Å²) in [6.45, 7) is 1.34. The zero-order chi connectivity index (χ0) is 9.94. The van der Waals surface area contributed by atoms with Gasteiger partial charge < -0.3 is 20.9 Å². The summed E-state index contributed by atoms with van der Waals surface area (Å²) >= 11 is 3.75. The van der Waals surface area contributed by atoms with Gasteiger partial charge >= 0.3 is 13.1 Å². The van der Waals surface area contributed by atoms with Gasteiger partial charge in [0, 0.05) is 11.6 Å². The number of carboxylic acids is 1. The first kappa shape index (κ1) is 11.8. The molecule has 0 aromatic carbocycles. The quantitative estimate of drug-likeness (QED) is 0.278. The Hall–Kier alpha value is -0.235. The van der Waals surface area contributed by atoms with Gasteiger partial charge in [-0.25, -0.2) is 0 Å². The van der Waals surface area contributed by atoms with Crippen LogP contribution in [0.2, 0.25) is 5.82 Å². The summed E-state index contributed by atoms with van der Waals surface area (Å²) in [6.07, 6.45) is 0. The molecule has 2 atom stereocenters. The minimum atomic E-state index is -1.75. The van der Waals surface area contributed by atoms with Gasteiger partial charge in [-0.1, -0.05) is 6.92 Å². The summed E-state index contributed by atoms with van der Waals surface area (Å²) in [5.41, 5.74) is 3.69. The standard InChI is InChI=1S/C5H12BNO4S/c1-3(6(10)11)5(7,2-12)4(8)9/h3,10-12H,2,7H2,1H3,(H,8,9). The summed E-state index contributed by atoms with van der Waals surface area (Å²) in [5, 5.41) is 26.1. The van der Waals surface area contributed by atoms with Gasteiger partial charge in [-0.05, 0) is 0 Å². The number of hydrogen-bond donors (Lipinski definition) is 5. The van der Waals surface area contributed by atoms with Crippen LogP contribution in [-0.2, 0) is 4.79 Å². The van der Waals surface area contributed by atoms with Crippen LogP contribution in [0.5, 0.6) is 0 Å². The van der Waals surface area contributed by atoms with Gasteiger partial charge in [0.1, 0.15) is 5.54 Å². The molecule has 0 aromatic heterocycles. The van der Waals surface area contributed by atoms with E-state index in [2.05, 4.69) is 12.6 Å². The third-order valence-corrected chi connectivity index (χ3v) is 2.44. The number of carboxylic acid groups (broad SMARTS) is 1. The van der Waals surface area contributed by atoms with Gasteiger partial charge in [0.25, 0.3) is 0 Å². The summed E-state index contributed by atoms with van der Waals surface area (Å²) in [7, 11) is -1.75. The second-order valence-electron chi connectivity index (χ2n) is 2.71. The maximum atomic E-state index is 10.6. The Morgan fingerprint density at radius 3 is 2.25 bits per heavy atom. The highest BCUT2D eigenvalue weighted by molar-refractivity contribution is 7.80. The molecule has 12 heavy (non-hydrogen) atoms. The van der Waals surface area contributed by atoms with Gasteiger partial charge in [0.05, 0.1) is 0 Å². The van der Waals surface area contributed by atoms with E-state index in [4.69, 9.17) is 20.9 Å². The maximum Gasteiger partial charge on any atom is 0.457 e. The second kappa shape index (κ2) is 4.13. The number of hydrogen-bond acceptors (Lipinski definition) is 5. The fourth-order valence-electron chi connectivity index (χ4n) is 0.672. The molecule has 0 rings (SSSR count). The van der Waals surface area contributed by atoms with Gasteiger partial charge in [-0.15, -0.1) is 0 Å². The predicted molar refractivity (Wildman–Crippen MR) is 48.0 cm³/mol. The van der Waals surface area contributed by atoms with Crippen molar-refractivity contribution >= 4 is 25.7 Å². The molecule has 7 heteroatoms. The van der Waals surface area contributed by atoms with Crippen molar-refractivity contribution in [2.24, 2.45) is 5.73 Å². The van der Waals surface area contributed by atoms with Crippen molar-refractivity contribution in [1.82, 2.24) is 0 Å². The van der Waals surface area contributed by atoms with Crippen LogP contribution in [0.4, 0.5) is 0 Å². The minimum absolute atomic E-state index is 0.152. The van der Waals surface area contributed by atoms with Crippen molar-refractivity contribution in [3.05, 3.63) is 0 Å². The molecule has 0 aliphatic heterocycles. The number of carbonyl (C=O) groups is 1. The molecule has 0 saturated heterocycles. The van der Waals surface area contributed by atoms with Crippen LogP contribution in [-0.4, -0.2) is 39.5 Å². The van der Waals surface area contributed by atoms with Gasteiger partial charge in [-0.3, -0.25) is 4.79 Å². The van der Waals surface area contributed by atoms with Crippen LogP contribution < -0.4 is 5.73 Å². The summed E-state index contributed by atoms with van der Waals surface area (Å²) in [6, 6.07) is 0.